The van der Waals surface area contributed by atoms with Crippen molar-refractivity contribution < 1.29 is 14.6 Å². The topological polar surface area (TPSA) is 87.6 Å². The van der Waals surface area contributed by atoms with Gasteiger partial charge in [0.05, 0.1) is 6.61 Å². The number of aliphatic hydroxyl groups excluding tert-OH is 1. The summed E-state index contributed by atoms with van der Waals surface area (Å²) in [5.41, 5.74) is 3.38. The average Bonchev–Trinajstić information content (AvgIpc) is 2.95. The van der Waals surface area contributed by atoms with Gasteiger partial charge in [-0.3, -0.25) is 4.79 Å². The summed E-state index contributed by atoms with van der Waals surface area (Å²) in [6, 6.07) is 8.38. The summed E-state index contributed by atoms with van der Waals surface area (Å²) in [6.07, 6.45) is 11.7. The van der Waals surface area contributed by atoms with Gasteiger partial charge in [0, 0.05) is 50.0 Å². The molecule has 1 aliphatic carbocycles. The molecule has 1 saturated heterocycles. The predicted molar refractivity (Wildman–Crippen MR) is 147 cm³/mol. The highest BCUT2D eigenvalue weighted by Crippen LogP contribution is 2.31. The van der Waals surface area contributed by atoms with Crippen LogP contribution in [-0.4, -0.2) is 53.8 Å². The molecule has 1 unspecified atom stereocenters. The normalized spacial score (nSPS) is 18.9. The Morgan fingerprint density at radius 1 is 1.14 bits per heavy atom. The van der Waals surface area contributed by atoms with E-state index in [1.165, 1.54) is 16.7 Å². The molecular formula is C30H42N4O3. The van der Waals surface area contributed by atoms with Crippen molar-refractivity contribution in [3.8, 4) is 5.75 Å². The quantitative estimate of drug-likeness (QED) is 0.488. The van der Waals surface area contributed by atoms with Crippen LogP contribution < -0.4 is 15.0 Å². The van der Waals surface area contributed by atoms with E-state index in [0.717, 1.165) is 69.9 Å². The fourth-order valence-corrected chi connectivity index (χ4v) is 4.83. The van der Waals surface area contributed by atoms with Crippen molar-refractivity contribution in [1.82, 2.24) is 15.3 Å². The third-order valence-electron chi connectivity index (χ3n) is 7.66. The van der Waals surface area contributed by atoms with E-state index < -0.39 is 0 Å². The number of allylic oxidation sites excluding steroid dienone is 2. The van der Waals surface area contributed by atoms with Gasteiger partial charge in [-0.1, -0.05) is 39.0 Å². The molecule has 1 amide bonds. The second-order valence-corrected chi connectivity index (χ2v) is 11.3. The molecule has 2 aliphatic rings. The van der Waals surface area contributed by atoms with Crippen molar-refractivity contribution in [3.05, 3.63) is 53.9 Å². The molecule has 0 saturated carbocycles. The largest absolute Gasteiger partial charge is 0.493 e. The number of nitrogens with one attached hydrogen (secondary N) is 1. The standard InChI is InChI=1S/C30H42N4O3/c1-4-22-17-31-29(32-18-22)34-15-13-23(14-16-34)19-37-27-11-9-25(10-12-27)24-5-7-26(8-6-24)28(36)33-20-30(2,3)21-35/h5,9-12,17-18,23,26,35H,4,6-8,13-16,19-21H2,1-3H3,(H,33,36). The molecule has 1 atom stereocenters. The molecule has 2 heterocycles. The van der Waals surface area contributed by atoms with E-state index in [1.54, 1.807) is 0 Å². The molecule has 7 nitrogen and oxygen atoms in total. The van der Waals surface area contributed by atoms with Crippen molar-refractivity contribution in [1.29, 1.82) is 0 Å². The first-order valence-corrected chi connectivity index (χ1v) is 13.7. The predicted octanol–water partition coefficient (Wildman–Crippen LogP) is 4.65. The van der Waals surface area contributed by atoms with Crippen LogP contribution in [0.3, 0.4) is 0 Å². The molecule has 2 N–H and O–H groups in total. The lowest BCUT2D eigenvalue weighted by molar-refractivity contribution is -0.125. The molecule has 37 heavy (non-hydrogen) atoms. The van der Waals surface area contributed by atoms with Crippen LogP contribution >= 0.6 is 0 Å². The highest BCUT2D eigenvalue weighted by atomic mass is 16.5. The number of hydrogen-bond acceptors (Lipinski definition) is 6. The molecule has 0 spiro atoms. The Morgan fingerprint density at radius 3 is 2.43 bits per heavy atom. The lowest BCUT2D eigenvalue weighted by Gasteiger charge is -2.31. The van der Waals surface area contributed by atoms with E-state index in [0.29, 0.717) is 12.5 Å². The van der Waals surface area contributed by atoms with Gasteiger partial charge in [0.15, 0.2) is 0 Å². The fourth-order valence-electron chi connectivity index (χ4n) is 4.83. The summed E-state index contributed by atoms with van der Waals surface area (Å²) in [6.45, 7) is 9.23. The van der Waals surface area contributed by atoms with Gasteiger partial charge in [0.2, 0.25) is 11.9 Å². The van der Waals surface area contributed by atoms with E-state index in [1.807, 2.05) is 26.2 Å². The molecule has 0 bridgehead atoms. The molecule has 1 aliphatic heterocycles. The second-order valence-electron chi connectivity index (χ2n) is 11.3. The van der Waals surface area contributed by atoms with Crippen LogP contribution in [0.15, 0.2) is 42.7 Å². The molecule has 4 rings (SSSR count). The van der Waals surface area contributed by atoms with E-state index >= 15 is 0 Å². The summed E-state index contributed by atoms with van der Waals surface area (Å²) in [5, 5.41) is 12.4. The van der Waals surface area contributed by atoms with Crippen molar-refractivity contribution in [2.24, 2.45) is 17.3 Å². The number of nitrogens with zero attached hydrogens (tertiary/aromatic N) is 3. The number of aromatic nitrogens is 2. The van der Waals surface area contributed by atoms with E-state index in [2.05, 4.69) is 57.4 Å². The number of amides is 1. The molecule has 1 aromatic carbocycles. The SMILES string of the molecule is CCc1cnc(N2CCC(COc3ccc(C4=CCC(C(=O)NCC(C)(C)CO)CC4)cc3)CC2)nc1. The molecule has 1 aromatic heterocycles. The van der Waals surface area contributed by atoms with Gasteiger partial charge in [-0.25, -0.2) is 9.97 Å². The zero-order valence-electron chi connectivity index (χ0n) is 22.6. The van der Waals surface area contributed by atoms with Crippen molar-refractivity contribution in [2.45, 2.75) is 59.3 Å². The highest BCUT2D eigenvalue weighted by Gasteiger charge is 2.25. The third kappa shape index (κ3) is 7.54. The minimum Gasteiger partial charge on any atom is -0.493 e. The zero-order valence-corrected chi connectivity index (χ0v) is 22.6. The average molecular weight is 507 g/mol. The number of carbonyl (C=O) groups is 1. The van der Waals surface area contributed by atoms with Gasteiger partial charge in [0.1, 0.15) is 5.75 Å². The summed E-state index contributed by atoms with van der Waals surface area (Å²) in [5.74, 6) is 2.38. The number of anilines is 1. The number of aryl methyl sites for hydroxylation is 1. The Kier molecular flexibility index (Phi) is 9.19. The monoisotopic (exact) mass is 506 g/mol. The zero-order chi connectivity index (χ0) is 26.3. The number of ether oxygens (including phenoxy) is 1. The smallest absolute Gasteiger partial charge is 0.225 e. The number of piperidine rings is 1. The maximum Gasteiger partial charge on any atom is 0.225 e. The minimum absolute atomic E-state index is 0.00883. The summed E-state index contributed by atoms with van der Waals surface area (Å²) >= 11 is 0. The molecule has 1 fully saturated rings. The Hall–Kier alpha value is -2.93. The lowest BCUT2D eigenvalue weighted by Crippen LogP contribution is -2.39. The van der Waals surface area contributed by atoms with Crippen LogP contribution in [-0.2, 0) is 11.2 Å². The van der Waals surface area contributed by atoms with Gasteiger partial charge in [-0.05, 0) is 73.3 Å². The first-order valence-electron chi connectivity index (χ1n) is 13.7. The van der Waals surface area contributed by atoms with E-state index in [-0.39, 0.29) is 23.8 Å². The first-order chi connectivity index (χ1) is 17.9. The Bertz CT molecular complexity index is 1040. The van der Waals surface area contributed by atoms with Crippen LogP contribution in [0.5, 0.6) is 5.75 Å². The number of rotatable bonds is 10. The summed E-state index contributed by atoms with van der Waals surface area (Å²) in [4.78, 5) is 23.8. The number of hydrogen-bond donors (Lipinski definition) is 2. The third-order valence-corrected chi connectivity index (χ3v) is 7.66. The van der Waals surface area contributed by atoms with E-state index in [4.69, 9.17) is 4.74 Å². The van der Waals surface area contributed by atoms with Gasteiger partial charge < -0.3 is 20.1 Å². The van der Waals surface area contributed by atoms with Crippen LogP contribution in [0.1, 0.15) is 64.0 Å². The second kappa shape index (κ2) is 12.5. The molecule has 7 heteroatoms. The van der Waals surface area contributed by atoms with Crippen molar-refractivity contribution >= 4 is 17.4 Å². The molecule has 2 aromatic rings. The Morgan fingerprint density at radius 2 is 1.84 bits per heavy atom. The number of benzene rings is 1. The first kappa shape index (κ1) is 27.1. The molecule has 200 valence electrons. The molecular weight excluding hydrogens is 464 g/mol. The maximum atomic E-state index is 12.5. The van der Waals surface area contributed by atoms with Crippen LogP contribution in [0.4, 0.5) is 5.95 Å². The number of carbonyl (C=O) groups excluding carboxylic acids is 1. The fraction of sp³-hybridized carbons (Fsp3) is 0.567. The van der Waals surface area contributed by atoms with Gasteiger partial charge >= 0.3 is 0 Å². The maximum absolute atomic E-state index is 12.5. The highest BCUT2D eigenvalue weighted by molar-refractivity contribution is 5.80. The Balaban J connectivity index is 1.20. The van der Waals surface area contributed by atoms with E-state index in [9.17, 15) is 9.90 Å². The Labute approximate surface area is 221 Å². The van der Waals surface area contributed by atoms with Gasteiger partial charge in [-0.15, -0.1) is 0 Å². The van der Waals surface area contributed by atoms with Crippen molar-refractivity contribution in [3.63, 3.8) is 0 Å². The van der Waals surface area contributed by atoms with Gasteiger partial charge in [-0.2, -0.15) is 0 Å². The van der Waals surface area contributed by atoms with Crippen LogP contribution in [0.25, 0.3) is 5.57 Å². The minimum atomic E-state index is -0.289. The van der Waals surface area contributed by atoms with Crippen LogP contribution in [0, 0.1) is 17.3 Å². The summed E-state index contributed by atoms with van der Waals surface area (Å²) < 4.78 is 6.13. The van der Waals surface area contributed by atoms with Crippen molar-refractivity contribution in [2.75, 3.05) is 37.7 Å². The lowest BCUT2D eigenvalue weighted by atomic mass is 9.85. The summed E-state index contributed by atoms with van der Waals surface area (Å²) in [7, 11) is 0. The van der Waals surface area contributed by atoms with Crippen LogP contribution in [0.2, 0.25) is 0 Å². The number of aliphatic hydroxyl groups is 1. The molecule has 0 radical (unpaired) electrons. The van der Waals surface area contributed by atoms with Gasteiger partial charge in [0.25, 0.3) is 0 Å².